The molecule has 0 radical (unpaired) electrons. The predicted molar refractivity (Wildman–Crippen MR) is 73.2 cm³/mol. The first-order valence-electron chi connectivity index (χ1n) is 6.75. The lowest BCUT2D eigenvalue weighted by Gasteiger charge is -2.20. The van der Waals surface area contributed by atoms with Gasteiger partial charge in [0.05, 0.1) is 24.0 Å². The molecule has 0 aliphatic carbocycles. The molecule has 1 aromatic heterocycles. The van der Waals surface area contributed by atoms with Crippen LogP contribution in [0.25, 0.3) is 5.70 Å². The quantitative estimate of drug-likeness (QED) is 0.615. The largest absolute Gasteiger partial charge is 0.451 e. The Bertz CT molecular complexity index is 557. The normalized spacial score (nSPS) is 21.4. The Morgan fingerprint density at radius 3 is 3.05 bits per heavy atom. The number of rotatable bonds is 4. The van der Waals surface area contributed by atoms with E-state index in [1.54, 1.807) is 16.4 Å². The molecule has 2 aliphatic rings. The van der Waals surface area contributed by atoms with E-state index >= 15 is 0 Å². The van der Waals surface area contributed by atoms with Crippen molar-refractivity contribution in [1.82, 2.24) is 19.7 Å². The highest BCUT2D eigenvalue weighted by Crippen LogP contribution is 2.24. The Morgan fingerprint density at radius 1 is 1.55 bits per heavy atom. The lowest BCUT2D eigenvalue weighted by molar-refractivity contribution is -0.0450. The summed E-state index contributed by atoms with van der Waals surface area (Å²) in [6.45, 7) is 2.39. The second-order valence-electron chi connectivity index (χ2n) is 5.37. The van der Waals surface area contributed by atoms with E-state index < -0.39 is 0 Å². The van der Waals surface area contributed by atoms with E-state index in [2.05, 4.69) is 5.10 Å². The molecule has 2 N–H and O–H groups in total. The van der Waals surface area contributed by atoms with E-state index in [9.17, 15) is 15.0 Å². The van der Waals surface area contributed by atoms with E-state index in [1.165, 1.54) is 0 Å². The molecular formula is C12H17BN4O3. The molecule has 0 aromatic carbocycles. The zero-order chi connectivity index (χ0) is 14.3. The van der Waals surface area contributed by atoms with E-state index in [0.29, 0.717) is 19.4 Å². The molecule has 2 aliphatic heterocycles. The third-order valence-corrected chi connectivity index (χ3v) is 3.68. The molecule has 8 heteroatoms. The van der Waals surface area contributed by atoms with Crippen molar-refractivity contribution in [1.29, 1.82) is 0 Å². The fourth-order valence-electron chi connectivity index (χ4n) is 2.55. The second kappa shape index (κ2) is 4.95. The smallest absolute Gasteiger partial charge is 0.344 e. The van der Waals surface area contributed by atoms with Gasteiger partial charge in [0.2, 0.25) is 0 Å². The van der Waals surface area contributed by atoms with Crippen LogP contribution in [0.5, 0.6) is 0 Å². The summed E-state index contributed by atoms with van der Waals surface area (Å²) in [7, 11) is 0. The number of amides is 2. The monoisotopic (exact) mass is 276 g/mol. The Kier molecular flexibility index (Phi) is 3.27. The van der Waals surface area contributed by atoms with Crippen LogP contribution in [0.3, 0.4) is 0 Å². The van der Waals surface area contributed by atoms with Crippen molar-refractivity contribution in [3.63, 3.8) is 0 Å². The van der Waals surface area contributed by atoms with Crippen molar-refractivity contribution in [3.8, 4) is 0 Å². The van der Waals surface area contributed by atoms with Gasteiger partial charge in [0.25, 0.3) is 6.92 Å². The number of urea groups is 1. The minimum Gasteiger partial charge on any atom is -0.451 e. The third-order valence-electron chi connectivity index (χ3n) is 3.68. The van der Waals surface area contributed by atoms with Crippen LogP contribution in [0, 0.1) is 0 Å². The van der Waals surface area contributed by atoms with Crippen LogP contribution in [-0.2, 0) is 6.42 Å². The Hall–Kier alpha value is -1.80. The van der Waals surface area contributed by atoms with Crippen LogP contribution in [0.1, 0.15) is 5.69 Å². The maximum Gasteiger partial charge on any atom is 0.344 e. The predicted octanol–water partition coefficient (Wildman–Crippen LogP) is 0.389. The molecule has 20 heavy (non-hydrogen) atoms. The number of hydrogen-bond donors (Lipinski definition) is 2. The van der Waals surface area contributed by atoms with Crippen molar-refractivity contribution in [2.75, 3.05) is 13.1 Å². The summed E-state index contributed by atoms with van der Waals surface area (Å²) in [5.74, 6) is 0. The molecule has 1 saturated heterocycles. The molecule has 7 nitrogen and oxygen atoms in total. The number of hydrogen-bond acceptors (Lipinski definition) is 4. The summed E-state index contributed by atoms with van der Waals surface area (Å²) >= 11 is 0. The summed E-state index contributed by atoms with van der Waals surface area (Å²) in [6, 6.07) is 1.26. The second-order valence-corrected chi connectivity index (χ2v) is 5.37. The number of aromatic nitrogens is 2. The van der Waals surface area contributed by atoms with Gasteiger partial charge in [-0.2, -0.15) is 10.2 Å². The van der Waals surface area contributed by atoms with E-state index in [0.717, 1.165) is 22.9 Å². The molecule has 3 rings (SSSR count). The minimum absolute atomic E-state index is 0.295. The highest BCUT2D eigenvalue weighted by Gasteiger charge is 2.39. The van der Waals surface area contributed by atoms with Gasteiger partial charge in [-0.15, -0.1) is 0 Å². The maximum atomic E-state index is 11.7. The van der Waals surface area contributed by atoms with Gasteiger partial charge in [0, 0.05) is 12.7 Å². The molecule has 0 saturated carbocycles. The lowest BCUT2D eigenvalue weighted by atomic mass is 9.67. The number of fused-ring (bicyclic) bond motifs is 2. The summed E-state index contributed by atoms with van der Waals surface area (Å²) < 4.78 is 1.74. The Morgan fingerprint density at radius 2 is 2.35 bits per heavy atom. The summed E-state index contributed by atoms with van der Waals surface area (Å²) in [4.78, 5) is 13.3. The summed E-state index contributed by atoms with van der Waals surface area (Å²) in [6.07, 6.45) is 5.11. The van der Waals surface area contributed by atoms with Gasteiger partial charge >= 0.3 is 6.03 Å². The number of aryl methyl sites for hydroxylation is 1. The standard InChI is InChI=1S/C12H17BN4O3/c1-13(19)4-2-9-3-5-16(14-9)10-6-11-8-15(7-10)12(18)17(11)20/h3,5-6,11,19-20H,2,4,7-8H2,1H3. The molecule has 2 bridgehead atoms. The molecule has 1 atom stereocenters. The number of hydroxylamine groups is 2. The SMILES string of the molecule is CB(O)CCc1ccn(C2=CC3CN(C2)C(=O)N3O)n1. The summed E-state index contributed by atoms with van der Waals surface area (Å²) in [5.41, 5.74) is 1.79. The molecule has 106 valence electrons. The highest BCUT2D eigenvalue weighted by atomic mass is 16.5. The van der Waals surface area contributed by atoms with Gasteiger partial charge in [-0.1, -0.05) is 6.82 Å². The maximum absolute atomic E-state index is 11.7. The molecule has 3 heterocycles. The number of carbonyl (C=O) groups excluding carboxylic acids is 1. The first kappa shape index (κ1) is 13.2. The fourth-order valence-corrected chi connectivity index (χ4v) is 2.55. The van der Waals surface area contributed by atoms with E-state index in [4.69, 9.17) is 0 Å². The lowest BCUT2D eigenvalue weighted by Crippen LogP contribution is -2.31. The Labute approximate surface area is 117 Å². The van der Waals surface area contributed by atoms with Crippen LogP contribution in [0.15, 0.2) is 18.3 Å². The minimum atomic E-state index is -0.359. The van der Waals surface area contributed by atoms with Crippen molar-refractivity contribution < 1.29 is 15.0 Å². The third kappa shape index (κ3) is 2.32. The highest BCUT2D eigenvalue weighted by molar-refractivity contribution is 6.48. The average molecular weight is 276 g/mol. The summed E-state index contributed by atoms with van der Waals surface area (Å²) in [5, 5.41) is 24.1. The molecular weight excluding hydrogens is 259 g/mol. The van der Waals surface area contributed by atoms with Gasteiger partial charge in [-0.25, -0.2) is 9.48 Å². The molecule has 1 aromatic rings. The molecule has 1 unspecified atom stereocenters. The number of nitrogens with zero attached hydrogens (tertiary/aromatic N) is 4. The Balaban J connectivity index is 1.74. The topological polar surface area (TPSA) is 81.8 Å². The van der Waals surface area contributed by atoms with Crippen LogP contribution in [-0.4, -0.2) is 62.1 Å². The van der Waals surface area contributed by atoms with Crippen LogP contribution in [0.2, 0.25) is 13.1 Å². The van der Waals surface area contributed by atoms with Gasteiger partial charge in [0.1, 0.15) is 0 Å². The van der Waals surface area contributed by atoms with Gasteiger partial charge in [-0.3, -0.25) is 5.21 Å². The van der Waals surface area contributed by atoms with E-state index in [1.807, 2.05) is 18.3 Å². The first-order valence-corrected chi connectivity index (χ1v) is 6.75. The van der Waals surface area contributed by atoms with Crippen LogP contribution >= 0.6 is 0 Å². The average Bonchev–Trinajstić information content (AvgIpc) is 2.98. The van der Waals surface area contributed by atoms with Crippen LogP contribution in [0.4, 0.5) is 4.79 Å². The number of carbonyl (C=O) groups is 1. The van der Waals surface area contributed by atoms with Crippen LogP contribution < -0.4 is 0 Å². The first-order chi connectivity index (χ1) is 9.54. The van der Waals surface area contributed by atoms with Crippen molar-refractivity contribution in [2.24, 2.45) is 0 Å². The van der Waals surface area contributed by atoms with E-state index in [-0.39, 0.29) is 19.0 Å². The molecule has 2 amide bonds. The molecule has 0 spiro atoms. The van der Waals surface area contributed by atoms with Crippen molar-refractivity contribution in [2.45, 2.75) is 25.6 Å². The fraction of sp³-hybridized carbons (Fsp3) is 0.500. The molecule has 1 fully saturated rings. The van der Waals surface area contributed by atoms with Crippen molar-refractivity contribution in [3.05, 3.63) is 24.0 Å². The van der Waals surface area contributed by atoms with Gasteiger partial charge in [0.15, 0.2) is 0 Å². The van der Waals surface area contributed by atoms with Gasteiger partial charge in [-0.05, 0) is 24.9 Å². The van der Waals surface area contributed by atoms with Crippen molar-refractivity contribution >= 4 is 18.6 Å². The zero-order valence-electron chi connectivity index (χ0n) is 11.3. The zero-order valence-corrected chi connectivity index (χ0v) is 11.3. The van der Waals surface area contributed by atoms with Gasteiger partial charge < -0.3 is 9.92 Å².